The van der Waals surface area contributed by atoms with Gasteiger partial charge in [0.15, 0.2) is 29.4 Å². The number of carbonyl (C=O) groups excluding carboxylic acids is 2. The van der Waals surface area contributed by atoms with Crippen molar-refractivity contribution < 1.29 is 212 Å². The maximum Gasteiger partial charge on any atom is 0.415 e. The van der Waals surface area contributed by atoms with E-state index in [0.29, 0.717) is 0 Å². The van der Waals surface area contributed by atoms with Crippen LogP contribution in [0.15, 0.2) is 211 Å². The van der Waals surface area contributed by atoms with Crippen molar-refractivity contribution >= 4 is 57.8 Å². The predicted molar refractivity (Wildman–Crippen MR) is 322 cm³/mol. The van der Waals surface area contributed by atoms with Crippen molar-refractivity contribution in [2.24, 2.45) is 0 Å². The van der Waals surface area contributed by atoms with Gasteiger partial charge in [0.2, 0.25) is 0 Å². The van der Waals surface area contributed by atoms with Crippen molar-refractivity contribution in [2.75, 3.05) is 33.5 Å². The molecule has 1 N–H and O–H groups in total. The van der Waals surface area contributed by atoms with E-state index in [1.807, 2.05) is 0 Å². The average molecular weight is 1810 g/mol. The Kier molecular flexibility index (Phi) is 25.4. The first-order chi connectivity index (χ1) is 53.2. The SMILES string of the molecule is COC(=O)C(F)(F)SOO[O-].O=C(OCCOC12C(F)(F)C3(F)C(F)(F)C(F)(C(F)(F)C(F)(C3(F)F)C1(F)F)C2(F)F)C(F)(F)SOO[O-].OCCOC12C(F)(F)C3(F)C(F)(F)C(F)(C(F)(F)C(F)(C3(F)F)C1(F)F)C2(F)F.c1ccc([S+](c2ccccc2)c2ccccc2)cc1.c1ccc([S+](c2ccccc2)c2ccccc2)cc1. The largest absolute Gasteiger partial charge is 0.691 e. The minimum atomic E-state index is -8.02. The first-order valence-electron chi connectivity index (χ1n) is 30.8. The normalized spacial score (nSPS) is 30.2. The number of rotatable bonds is 21. The van der Waals surface area contributed by atoms with Crippen LogP contribution in [0, 0.1) is 0 Å². The van der Waals surface area contributed by atoms with Crippen molar-refractivity contribution in [3.8, 4) is 0 Å². The molecule has 642 valence electrons. The molecule has 0 unspecified atom stereocenters. The van der Waals surface area contributed by atoms with E-state index < -0.39 is 189 Å². The molecular formula is C65H42F34O13S4. The van der Waals surface area contributed by atoms with E-state index in [1.165, 1.54) is 29.4 Å². The van der Waals surface area contributed by atoms with Gasteiger partial charge in [0.25, 0.3) is 11.2 Å². The standard InChI is InChI=1S/2C18H15S.C14H5F17O6S.C12H5F15O2.C3H4F2O5S/c2*1-4-10-16(11-5-1)19(17-12-6-2-7-13-17)18-14-8-3-9-15-18;15-4(16,38-37-36-33)3(32)34-1-2-35-8-12(26,27)5(17)9(20,21)6(18,13(8,28)29)11(24,25)7(19,10(5,22)23)14(8,30)31;13-3-7(16,17)4(14)9(20,21)5(15,8(3,18)19)12(26,27)6(10(3,22)23,11(4,24)25)29-2-1-28;1-8-2(6)3(4,5)11-10-9-7/h2*1-15H;33H,1-2H2;28H,1-2H2;7H,1H3/q2*+1;;;/p-2. The van der Waals surface area contributed by atoms with Gasteiger partial charge in [-0.25, -0.2) is 35.9 Å². The highest BCUT2D eigenvalue weighted by molar-refractivity contribution is 7.97. The predicted octanol–water partition coefficient (Wildman–Crippen LogP) is 16.6. The maximum atomic E-state index is 14.8. The van der Waals surface area contributed by atoms with E-state index in [2.05, 4.69) is 220 Å². The number of carbonyl (C=O) groups is 2. The number of hydrogen-bond donors (Lipinski definition) is 1. The number of hydrogen-bond acceptors (Lipinski definition) is 15. The van der Waals surface area contributed by atoms with Crippen LogP contribution in [-0.4, -0.2) is 177 Å². The third-order valence-corrected chi connectivity index (χ3v) is 23.8. The second-order valence-corrected chi connectivity index (χ2v) is 29.9. The molecule has 8 fully saturated rings. The number of aliphatic hydroxyl groups is 1. The lowest BCUT2D eigenvalue weighted by molar-refractivity contribution is -0.777. The van der Waals surface area contributed by atoms with Crippen LogP contribution in [0.3, 0.4) is 0 Å². The molecule has 0 atom stereocenters. The molecule has 6 aromatic rings. The number of ether oxygens (including phenoxy) is 4. The van der Waals surface area contributed by atoms with Gasteiger partial charge in [-0.15, -0.1) is 0 Å². The number of benzene rings is 6. The molecule has 0 aliphatic heterocycles. The number of methoxy groups -OCH3 is 1. The van der Waals surface area contributed by atoms with Gasteiger partial charge >= 0.3 is 128 Å². The molecule has 8 saturated carbocycles. The first-order valence-corrected chi connectivity index (χ1v) is 34.8. The Morgan fingerprint density at radius 1 is 0.319 bits per heavy atom. The lowest BCUT2D eigenvalue weighted by atomic mass is 9.40. The molecule has 0 heterocycles. The van der Waals surface area contributed by atoms with Crippen molar-refractivity contribution in [3.05, 3.63) is 182 Å². The van der Waals surface area contributed by atoms with Crippen molar-refractivity contribution in [1.29, 1.82) is 0 Å². The van der Waals surface area contributed by atoms with E-state index in [1.54, 1.807) is 0 Å². The Hall–Kier alpha value is -7.08. The highest BCUT2D eigenvalue weighted by atomic mass is 32.2. The molecule has 13 nitrogen and oxygen atoms in total. The summed E-state index contributed by atoms with van der Waals surface area (Å²) in [5.41, 5.74) is -60.9. The number of halogens is 34. The van der Waals surface area contributed by atoms with Gasteiger partial charge in [-0.05, 0) is 72.8 Å². The summed E-state index contributed by atoms with van der Waals surface area (Å²) in [6.07, 6.45) is 0. The van der Waals surface area contributed by atoms with E-state index in [-0.39, 0.29) is 21.8 Å². The summed E-state index contributed by atoms with van der Waals surface area (Å²) in [5.74, 6) is -98.6. The van der Waals surface area contributed by atoms with Crippen LogP contribution < -0.4 is 10.5 Å². The Morgan fingerprint density at radius 2 is 0.509 bits per heavy atom. The van der Waals surface area contributed by atoms with Crippen LogP contribution >= 0.6 is 24.1 Å². The van der Waals surface area contributed by atoms with Crippen LogP contribution in [0.25, 0.3) is 0 Å². The van der Waals surface area contributed by atoms with E-state index >= 15 is 0 Å². The fourth-order valence-corrected chi connectivity index (χ4v) is 17.9. The average Bonchev–Trinajstić information content (AvgIpc) is 0.593. The number of alkyl halides is 34. The summed E-state index contributed by atoms with van der Waals surface area (Å²) in [4.78, 5) is 29.4. The van der Waals surface area contributed by atoms with Crippen LogP contribution in [0.5, 0.6) is 0 Å². The monoisotopic (exact) mass is 1800 g/mol. The smallest absolute Gasteiger partial charge is 0.415 e. The Balaban J connectivity index is 0.000000191. The van der Waals surface area contributed by atoms with Gasteiger partial charge in [-0.3, -0.25) is 10.1 Å². The Morgan fingerprint density at radius 3 is 0.690 bits per heavy atom. The summed E-state index contributed by atoms with van der Waals surface area (Å²) >= 11 is -2.18. The number of esters is 2. The molecule has 0 radical (unpaired) electrons. The van der Waals surface area contributed by atoms with Crippen molar-refractivity contribution in [1.82, 2.24) is 0 Å². The molecule has 51 heteroatoms. The van der Waals surface area contributed by atoms with Gasteiger partial charge in [-0.2, -0.15) is 132 Å². The quantitative estimate of drug-likeness (QED) is 0.0137. The van der Waals surface area contributed by atoms with E-state index in [0.717, 1.165) is 7.11 Å². The zero-order valence-corrected chi connectivity index (χ0v) is 59.2. The molecule has 14 rings (SSSR count). The minimum Gasteiger partial charge on any atom is -0.691 e. The topological polar surface area (TPSA) is 174 Å². The van der Waals surface area contributed by atoms with Crippen LogP contribution in [0.1, 0.15) is 0 Å². The third-order valence-electron chi connectivity index (χ3n) is 18.4. The fraction of sp³-hybridized carbons (Fsp3) is 0.415. The highest BCUT2D eigenvalue weighted by Gasteiger charge is 3.25. The van der Waals surface area contributed by atoms with Gasteiger partial charge in [0.05, 0.1) is 48.7 Å². The van der Waals surface area contributed by atoms with Crippen molar-refractivity contribution in [3.63, 3.8) is 0 Å². The Labute approximate surface area is 639 Å². The van der Waals surface area contributed by atoms with E-state index in [9.17, 15) is 164 Å². The van der Waals surface area contributed by atoms with Gasteiger partial charge in [-0.1, -0.05) is 109 Å². The fourth-order valence-electron chi connectivity index (χ4n) is 13.2. The minimum absolute atomic E-state index is 0.0146. The third kappa shape index (κ3) is 11.9. The number of aliphatic hydroxyl groups excluding tert-OH is 1. The molecule has 8 bridgehead atoms. The summed E-state index contributed by atoms with van der Waals surface area (Å²) in [6, 6.07) is 64.3. The maximum absolute atomic E-state index is 14.8. The molecule has 0 saturated heterocycles. The molecule has 8 aliphatic carbocycles. The van der Waals surface area contributed by atoms with Gasteiger partial charge in [0.1, 0.15) is 30.7 Å². The lowest BCUT2D eigenvalue weighted by Gasteiger charge is -2.74. The Bertz CT molecular complexity index is 3880. The molecule has 8 aliphatic rings. The van der Waals surface area contributed by atoms with Crippen LogP contribution in [0.2, 0.25) is 0 Å². The molecule has 0 aromatic heterocycles. The lowest BCUT2D eigenvalue weighted by Crippen LogP contribution is -3.10. The van der Waals surface area contributed by atoms with Crippen LogP contribution in [0.4, 0.5) is 149 Å². The molecule has 116 heavy (non-hydrogen) atoms. The van der Waals surface area contributed by atoms with E-state index in [4.69, 9.17) is 10.4 Å². The van der Waals surface area contributed by atoms with Gasteiger partial charge in [0, 0.05) is 0 Å². The molecule has 0 spiro atoms. The summed E-state index contributed by atoms with van der Waals surface area (Å²) in [7, 11) is 0.743. The zero-order chi connectivity index (χ0) is 87.9. The van der Waals surface area contributed by atoms with Gasteiger partial charge < -0.3 is 34.6 Å². The highest BCUT2D eigenvalue weighted by Crippen LogP contribution is 2.91. The van der Waals surface area contributed by atoms with Crippen molar-refractivity contribution in [2.45, 2.75) is 156 Å². The van der Waals surface area contributed by atoms with Crippen LogP contribution in [-0.2, 0) is 69.1 Å². The second-order valence-electron chi connectivity index (χ2n) is 24.2. The molecular weight excluding hydrogens is 1760 g/mol. The first kappa shape index (κ1) is 94.4. The summed E-state index contributed by atoms with van der Waals surface area (Å²) in [6.45, 7) is -9.15. The second kappa shape index (κ2) is 31.2. The molecule has 0 amide bonds. The molecule has 6 aromatic carbocycles. The zero-order valence-electron chi connectivity index (χ0n) is 56.0. The summed E-state index contributed by atoms with van der Waals surface area (Å²) in [5, 5.41) is 23.0. The summed E-state index contributed by atoms with van der Waals surface area (Å²) < 4.78 is 502.